The van der Waals surface area contributed by atoms with Gasteiger partial charge in [0.05, 0.1) is 56.0 Å². The van der Waals surface area contributed by atoms with E-state index in [4.69, 9.17) is 18.7 Å². The Balaban J connectivity index is 1.44. The van der Waals surface area contributed by atoms with E-state index in [1.165, 1.54) is 48.7 Å². The number of imidazole rings is 1. The summed E-state index contributed by atoms with van der Waals surface area (Å²) in [6.07, 6.45) is -2.81. The number of rotatable bonds is 14. The molecule has 0 saturated carbocycles. The first-order valence-corrected chi connectivity index (χ1v) is 14.6. The number of alkyl halides is 3. The molecule has 0 fully saturated rings. The molecule has 3 heterocycles. The summed E-state index contributed by atoms with van der Waals surface area (Å²) in [5, 5.41) is 12.2. The van der Waals surface area contributed by atoms with Crippen LogP contribution in [0.5, 0.6) is 5.75 Å². The summed E-state index contributed by atoms with van der Waals surface area (Å²) in [6.45, 7) is 2.91. The zero-order chi connectivity index (χ0) is 33.6. The summed E-state index contributed by atoms with van der Waals surface area (Å²) < 4.78 is 91.9. The average Bonchev–Trinajstić information content (AvgIpc) is 3.70. The lowest BCUT2D eigenvalue weighted by Gasteiger charge is -2.28. The molecule has 47 heavy (non-hydrogen) atoms. The van der Waals surface area contributed by atoms with Gasteiger partial charge in [0.1, 0.15) is 23.0 Å². The molecule has 2 aromatic carbocycles. The van der Waals surface area contributed by atoms with E-state index >= 15 is 0 Å². The number of benzene rings is 2. The number of hydrazone groups is 1. The fourth-order valence-electron chi connectivity index (χ4n) is 4.79. The number of nitrogens with one attached hydrogen (secondary N) is 2. The minimum Gasteiger partial charge on any atom is -0.494 e. The van der Waals surface area contributed by atoms with E-state index in [2.05, 4.69) is 25.5 Å². The zero-order valence-corrected chi connectivity index (χ0v) is 25.4. The number of fused-ring (bicyclic) bond motifs is 1. The maximum Gasteiger partial charge on any atom is 0.417 e. The smallest absolute Gasteiger partial charge is 0.417 e. The van der Waals surface area contributed by atoms with Crippen molar-refractivity contribution in [2.24, 2.45) is 5.10 Å². The summed E-state index contributed by atoms with van der Waals surface area (Å²) in [4.78, 5) is 20.8. The topological polar surface area (TPSA) is 127 Å². The molecule has 0 bridgehead atoms. The fraction of sp³-hybridized carbons (Fsp3) is 0.355. The highest BCUT2D eigenvalue weighted by molar-refractivity contribution is 5.85. The van der Waals surface area contributed by atoms with Gasteiger partial charge < -0.3 is 29.0 Å². The second kappa shape index (κ2) is 14.7. The van der Waals surface area contributed by atoms with Crippen molar-refractivity contribution in [2.75, 3.05) is 40.1 Å². The van der Waals surface area contributed by atoms with Crippen molar-refractivity contribution in [3.8, 4) is 28.4 Å². The number of carbonyl (C=O) groups excluding carboxylic acids is 1. The van der Waals surface area contributed by atoms with Gasteiger partial charge in [-0.2, -0.15) is 18.3 Å². The van der Waals surface area contributed by atoms with Gasteiger partial charge in [-0.15, -0.1) is 0 Å². The van der Waals surface area contributed by atoms with Gasteiger partial charge in [-0.3, -0.25) is 9.80 Å². The third-order valence-corrected chi connectivity index (χ3v) is 7.03. The standard InChI is InChI=1S/C31H31F5N6O5/c1-3-10-46-18-7-8-19(21(14-18)31(34,35)36)23-15-26(47-41-23)28(30(43)37-9-11-45-13-12-44-2)42-17-25-24(16-38-42)39-29(40-25)20-5-4-6-22(32)27(20)33/h4-8,14-16,28H,3,9-13,17H2,1-2H3,(H,37,43)(H,39,40). The van der Waals surface area contributed by atoms with Crippen molar-refractivity contribution < 1.29 is 45.5 Å². The van der Waals surface area contributed by atoms with Gasteiger partial charge in [0.25, 0.3) is 5.91 Å². The van der Waals surface area contributed by atoms with Crippen molar-refractivity contribution in [3.63, 3.8) is 0 Å². The van der Waals surface area contributed by atoms with E-state index in [-0.39, 0.29) is 60.5 Å². The van der Waals surface area contributed by atoms with Crippen LogP contribution in [0, 0.1) is 11.6 Å². The molecule has 2 N–H and O–H groups in total. The van der Waals surface area contributed by atoms with Crippen LogP contribution in [-0.2, 0) is 27.0 Å². The van der Waals surface area contributed by atoms with Gasteiger partial charge in [0.15, 0.2) is 23.4 Å². The Hall–Kier alpha value is -4.83. The third kappa shape index (κ3) is 7.77. The SMILES string of the molecule is CCCOc1ccc(-c2cc(C(C(=O)NCCOCCOC)N3Cc4[nH]c(-c5cccc(F)c5F)nc4C=N3)on2)c(C(F)(F)F)c1. The Kier molecular flexibility index (Phi) is 10.5. The second-order valence-electron chi connectivity index (χ2n) is 10.4. The highest BCUT2D eigenvalue weighted by Gasteiger charge is 2.37. The van der Waals surface area contributed by atoms with Crippen molar-refractivity contribution in [1.82, 2.24) is 25.5 Å². The van der Waals surface area contributed by atoms with E-state index in [0.717, 1.165) is 12.1 Å². The van der Waals surface area contributed by atoms with Crippen LogP contribution in [0.3, 0.4) is 0 Å². The van der Waals surface area contributed by atoms with Crippen molar-refractivity contribution in [3.05, 3.63) is 76.8 Å². The van der Waals surface area contributed by atoms with Crippen molar-refractivity contribution in [1.29, 1.82) is 0 Å². The maximum absolute atomic E-state index is 14.5. The number of methoxy groups -OCH3 is 1. The number of ether oxygens (including phenoxy) is 3. The molecule has 1 atom stereocenters. The van der Waals surface area contributed by atoms with Crippen LogP contribution in [0.4, 0.5) is 22.0 Å². The number of carbonyl (C=O) groups is 1. The number of nitrogens with zero attached hydrogens (tertiary/aromatic N) is 4. The molecule has 1 amide bonds. The number of H-pyrrole nitrogens is 1. The van der Waals surface area contributed by atoms with Crippen LogP contribution in [0.15, 0.2) is 52.1 Å². The number of aromatic amines is 1. The Morgan fingerprint density at radius 1 is 1.11 bits per heavy atom. The van der Waals surface area contributed by atoms with E-state index < -0.39 is 35.3 Å². The summed E-state index contributed by atoms with van der Waals surface area (Å²) >= 11 is 0. The number of amides is 1. The van der Waals surface area contributed by atoms with Gasteiger partial charge in [0.2, 0.25) is 0 Å². The first-order valence-electron chi connectivity index (χ1n) is 14.6. The van der Waals surface area contributed by atoms with E-state index in [0.29, 0.717) is 31.0 Å². The predicted molar refractivity (Wildman–Crippen MR) is 158 cm³/mol. The molecule has 1 unspecified atom stereocenters. The lowest BCUT2D eigenvalue weighted by Crippen LogP contribution is -2.40. The minimum atomic E-state index is -4.74. The molecule has 0 spiro atoms. The fourth-order valence-corrected chi connectivity index (χ4v) is 4.79. The monoisotopic (exact) mass is 662 g/mol. The van der Waals surface area contributed by atoms with Gasteiger partial charge in [0, 0.05) is 25.3 Å². The maximum atomic E-state index is 14.5. The van der Waals surface area contributed by atoms with E-state index in [1.54, 1.807) is 0 Å². The molecular weight excluding hydrogens is 631 g/mol. The van der Waals surface area contributed by atoms with Gasteiger partial charge in [-0.05, 0) is 36.8 Å². The molecular formula is C31H31F5N6O5. The average molecular weight is 663 g/mol. The second-order valence-corrected chi connectivity index (χ2v) is 10.4. The summed E-state index contributed by atoms with van der Waals surface area (Å²) in [5.41, 5.74) is -0.793. The van der Waals surface area contributed by atoms with E-state index in [1.807, 2.05) is 6.92 Å². The van der Waals surface area contributed by atoms with Crippen LogP contribution in [0.2, 0.25) is 0 Å². The van der Waals surface area contributed by atoms with Gasteiger partial charge in [-0.25, -0.2) is 13.8 Å². The Bertz CT molecular complexity index is 1720. The minimum absolute atomic E-state index is 0.0440. The lowest BCUT2D eigenvalue weighted by molar-refractivity contribution is -0.137. The molecule has 0 radical (unpaired) electrons. The molecule has 250 valence electrons. The van der Waals surface area contributed by atoms with Crippen LogP contribution >= 0.6 is 0 Å². The van der Waals surface area contributed by atoms with Gasteiger partial charge >= 0.3 is 6.18 Å². The quantitative estimate of drug-likeness (QED) is 0.134. The zero-order valence-electron chi connectivity index (χ0n) is 25.4. The van der Waals surface area contributed by atoms with E-state index in [9.17, 15) is 26.7 Å². The molecule has 11 nitrogen and oxygen atoms in total. The van der Waals surface area contributed by atoms with Crippen LogP contribution < -0.4 is 10.1 Å². The lowest BCUT2D eigenvalue weighted by atomic mass is 10.0. The van der Waals surface area contributed by atoms with Crippen molar-refractivity contribution >= 4 is 12.1 Å². The molecule has 0 aliphatic carbocycles. The highest BCUT2D eigenvalue weighted by Crippen LogP contribution is 2.40. The Labute approximate surface area is 265 Å². The summed E-state index contributed by atoms with van der Waals surface area (Å²) in [6, 6.07) is 7.13. The Morgan fingerprint density at radius 3 is 2.70 bits per heavy atom. The molecule has 2 aromatic heterocycles. The molecule has 1 aliphatic heterocycles. The number of aromatic nitrogens is 3. The van der Waals surface area contributed by atoms with Crippen LogP contribution in [0.1, 0.15) is 42.1 Å². The highest BCUT2D eigenvalue weighted by atomic mass is 19.4. The van der Waals surface area contributed by atoms with Gasteiger partial charge in [-0.1, -0.05) is 18.1 Å². The number of halogens is 5. The number of hydrogen-bond acceptors (Lipinski definition) is 9. The van der Waals surface area contributed by atoms with Crippen LogP contribution in [-0.4, -0.2) is 72.3 Å². The van der Waals surface area contributed by atoms with Crippen LogP contribution in [0.25, 0.3) is 22.6 Å². The molecule has 1 aliphatic rings. The predicted octanol–water partition coefficient (Wildman–Crippen LogP) is 5.49. The molecule has 5 rings (SSSR count). The molecule has 16 heteroatoms. The third-order valence-electron chi connectivity index (χ3n) is 7.03. The number of hydrogen-bond donors (Lipinski definition) is 2. The first kappa shape index (κ1) is 33.5. The largest absolute Gasteiger partial charge is 0.494 e. The molecule has 4 aromatic rings. The summed E-state index contributed by atoms with van der Waals surface area (Å²) in [5.74, 6) is -2.76. The first-order chi connectivity index (χ1) is 22.6. The van der Waals surface area contributed by atoms with Crippen molar-refractivity contribution in [2.45, 2.75) is 32.1 Å². The Morgan fingerprint density at radius 2 is 1.94 bits per heavy atom. The molecule has 0 saturated heterocycles. The normalized spacial score (nSPS) is 13.5. The summed E-state index contributed by atoms with van der Waals surface area (Å²) in [7, 11) is 1.52.